The smallest absolute Gasteiger partial charge is 0.0390 e. The van der Waals surface area contributed by atoms with Gasteiger partial charge in [-0.15, -0.1) is 0 Å². The third kappa shape index (κ3) is 87.5. The molecule has 0 unspecified atom stereocenters. The predicted octanol–water partition coefficient (Wildman–Crippen LogP) is 8.83. The van der Waals surface area contributed by atoms with Gasteiger partial charge in [-0.1, -0.05) is 105 Å². The Labute approximate surface area is 1060 Å². The summed E-state index contributed by atoms with van der Waals surface area (Å²) in [4.78, 5) is 0. The van der Waals surface area contributed by atoms with Gasteiger partial charge in [-0.2, -0.15) is 0 Å². The maximum absolute atomic E-state index is 4.83. The van der Waals surface area contributed by atoms with E-state index in [2.05, 4.69) is 140 Å². The molecule has 0 radical (unpaired) electrons. The molecule has 0 bridgehead atoms. The lowest BCUT2D eigenvalue weighted by atomic mass is 9.81. The van der Waals surface area contributed by atoms with Crippen LogP contribution in [-0.4, -0.2) is 0 Å². The van der Waals surface area contributed by atoms with Crippen LogP contribution in [0.25, 0.3) is 33.4 Å². The molecule has 0 amide bonds. The lowest BCUT2D eigenvalue weighted by Crippen LogP contribution is -2.15. The molecule has 6 rings (SSSR count). The van der Waals surface area contributed by atoms with Crippen LogP contribution >= 0.6 is 0 Å². The van der Waals surface area contributed by atoms with Crippen molar-refractivity contribution in [3.05, 3.63) is 132 Å². The first-order valence-electron chi connectivity index (χ1n) is 28.4. The van der Waals surface area contributed by atoms with Crippen LogP contribution in [-0.2, 0) is 898 Å². The van der Waals surface area contributed by atoms with Gasteiger partial charge in [-0.25, -0.2) is 0 Å². The summed E-state index contributed by atoms with van der Waals surface area (Å²) < 4.78 is 0. The van der Waals surface area contributed by atoms with E-state index < -0.39 is 0 Å². The molecule has 0 heterocycles. The van der Waals surface area contributed by atoms with Gasteiger partial charge in [0.15, 0.2) is 0 Å². The maximum atomic E-state index is 4.83. The Morgan fingerprint density at radius 3 is 0.500 bits per heavy atom. The Bertz CT molecular complexity index is 9950. The summed E-state index contributed by atoms with van der Waals surface area (Å²) in [6, 6.07) is 43.5. The second kappa shape index (κ2) is 113. The highest BCUT2D eigenvalue weighted by atomic mass is 33.6. The molecule has 0 fully saturated rings. The average molecular weight is 3640 g/mol. The van der Waals surface area contributed by atoms with E-state index in [-0.39, 0.29) is 5.41 Å². The number of hydrogen-bond donors (Lipinski definition) is 1. The summed E-state index contributed by atoms with van der Waals surface area (Å²) in [5, 5.41) is 3.65. The highest BCUT2D eigenvalue weighted by molar-refractivity contribution is 8.87. The number of anilines is 2. The monoisotopic (exact) mass is 3630 g/mol. The topological polar surface area (TPSA) is 12.0 Å². The van der Waals surface area contributed by atoms with Gasteiger partial charge in [0.1, 0.15) is 0 Å². The van der Waals surface area contributed by atoms with Gasteiger partial charge in [0, 0.05) is 909 Å². The van der Waals surface area contributed by atoms with Gasteiger partial charge < -0.3 is 5.32 Å². The van der Waals surface area contributed by atoms with E-state index >= 15 is 0 Å². The molecule has 1 aliphatic rings. The quantitative estimate of drug-likeness (QED) is 0.194. The van der Waals surface area contributed by atoms with E-state index in [4.69, 9.17) is 22.4 Å². The van der Waals surface area contributed by atoms with Gasteiger partial charge in [0.05, 0.1) is 0 Å². The molecule has 101 heteroatoms. The third-order valence-electron chi connectivity index (χ3n) is 9.74. The molecule has 5 aromatic carbocycles. The number of hydrogen-bond acceptors (Lipinski definition) is 3. The number of rotatable bonds is 4. The first kappa shape index (κ1) is 142. The van der Waals surface area contributed by atoms with Crippen LogP contribution in [0.15, 0.2) is 121 Å². The van der Waals surface area contributed by atoms with E-state index in [9.17, 15) is 0 Å². The zero-order chi connectivity index (χ0) is 94.4. The molecule has 0 aromatic heterocycles. The summed E-state index contributed by atoms with van der Waals surface area (Å²) >= 11 is 9.66. The Hall–Kier alpha value is 17.9. The van der Waals surface area contributed by atoms with Crippen molar-refractivity contribution in [3.63, 3.8) is 0 Å². The third-order valence-corrected chi connectivity index (χ3v) is 225. The first-order chi connectivity index (χ1) is 66.5. The van der Waals surface area contributed by atoms with Crippen LogP contribution in [0.3, 0.4) is 0 Å². The molecule has 0 saturated carbocycles. The summed E-state index contributed by atoms with van der Waals surface area (Å²) in [5.41, 5.74) is 12.6. The molecule has 1 nitrogen and oxygen atoms in total. The minimum Gasteiger partial charge on any atom is -0.356 e. The summed E-state index contributed by atoms with van der Waals surface area (Å²) in [6.45, 7) is 4.68. The lowest BCUT2D eigenvalue weighted by molar-refractivity contribution is 0.661. The lowest BCUT2D eigenvalue weighted by Gasteiger charge is -2.23. The van der Waals surface area contributed by atoms with Crippen molar-refractivity contribution in [2.24, 2.45) is 0 Å². The Balaban J connectivity index is 0.000000759. The van der Waals surface area contributed by atoms with Crippen LogP contribution < -0.4 is 5.32 Å². The zero-order valence-electron chi connectivity index (χ0n) is 60.4. The maximum Gasteiger partial charge on any atom is 0.0390 e. The largest absolute Gasteiger partial charge is 0.356 e. The van der Waals surface area contributed by atoms with Crippen molar-refractivity contribution in [2.75, 3.05) is 5.32 Å². The fraction of sp³-hybridized carbons (Fsp3) is 0.0909. The van der Waals surface area contributed by atoms with Crippen molar-refractivity contribution >= 4 is 904 Å². The Morgan fingerprint density at radius 2 is 0.306 bits per heavy atom. The molecule has 0 saturated heterocycles. The molecule has 5 aromatic rings. The fourth-order valence-corrected chi connectivity index (χ4v) is 270. The molecule has 0 aliphatic heterocycles. The van der Waals surface area contributed by atoms with Crippen LogP contribution in [0.5, 0.6) is 0 Å². The summed E-state index contributed by atoms with van der Waals surface area (Å²) in [7, 11) is 177. The first-order valence-corrected chi connectivity index (χ1v) is 160. The van der Waals surface area contributed by atoms with Gasteiger partial charge >= 0.3 is 0 Å². The highest BCUT2D eigenvalue weighted by Crippen LogP contribution is 2.50. The van der Waals surface area contributed by atoms with Crippen molar-refractivity contribution in [2.45, 2.75) is 19.3 Å². The molecule has 1 N–H and O–H groups in total. The van der Waals surface area contributed by atoms with Crippen LogP contribution in [0.2, 0.25) is 0 Å². The molecular weight excluding hydrogens is 3620 g/mol. The molecule has 134 heavy (non-hydrogen) atoms. The van der Waals surface area contributed by atoms with E-state index in [1.807, 2.05) is 746 Å². The normalized spacial score (nSPS) is 9.24. The van der Waals surface area contributed by atoms with Gasteiger partial charge in [0.25, 0.3) is 0 Å². The molecule has 1 aliphatic carbocycles. The molecular formula is C33H27NS100. The van der Waals surface area contributed by atoms with E-state index in [0.29, 0.717) is 0 Å². The van der Waals surface area contributed by atoms with Crippen molar-refractivity contribution < 1.29 is 0 Å². The fourth-order valence-electron chi connectivity index (χ4n) is 6.29. The summed E-state index contributed by atoms with van der Waals surface area (Å²) in [6.07, 6.45) is 0. The highest BCUT2D eigenvalue weighted by Gasteiger charge is 2.36. The van der Waals surface area contributed by atoms with Gasteiger partial charge in [-0.3, -0.25) is 0 Å². The van der Waals surface area contributed by atoms with Crippen LogP contribution in [0, 0.1) is 0 Å². The van der Waals surface area contributed by atoms with Crippen molar-refractivity contribution in [1.29, 1.82) is 0 Å². The van der Waals surface area contributed by atoms with Gasteiger partial charge in [-0.05, 0) is 74.8 Å². The van der Waals surface area contributed by atoms with Crippen molar-refractivity contribution in [3.8, 4) is 33.4 Å². The number of fused-ring (bicyclic) bond motifs is 3. The Morgan fingerprint density at radius 1 is 0.149 bits per heavy atom. The van der Waals surface area contributed by atoms with E-state index in [1.54, 1.807) is 107 Å². The van der Waals surface area contributed by atoms with Gasteiger partial charge in [0.2, 0.25) is 0 Å². The second-order valence-corrected chi connectivity index (χ2v) is 190. The molecule has 764 valence electrons. The second-order valence-electron chi connectivity index (χ2n) is 16.3. The Kier molecular flexibility index (Phi) is 120. The zero-order valence-corrected chi connectivity index (χ0v) is 142. The van der Waals surface area contributed by atoms with Crippen LogP contribution in [0.4, 0.5) is 11.4 Å². The average Bonchev–Trinajstić information content (AvgIpc) is 1.58. The van der Waals surface area contributed by atoms with E-state index in [1.165, 1.54) is 62.3 Å². The molecule has 0 atom stereocenters. The standard InChI is InChI=1S/C33H27N.S100/c1-33(2)31-21-26(24-12-7-4-8-13-24)16-18-29(31)30-19-17-28(22-32(30)33)34-27-15-9-14-25(20-27)23-10-5-3-6-11-23;1-3-5-7-9-11-13-15-17-19-21-23-25-27-29-31-33-35-37-39-41-43-45-47-49-51-53-55-57-59-61-63-65-67-69-71-73-75-77-79-81-83-85-87-89-91-93-95-97-99-100-98-96-94-92-90-88-86-84-82-80-78-76-74-72-70-68-66-64-62-60-58-56-54-52-50-48-46-44-42-40-38-36-34-32-30-28-26-24-22-20-18-16-14-12-10-8-6-4-2/h3-22,34H,1-2H3;. The summed E-state index contributed by atoms with van der Waals surface area (Å²) in [5.74, 6) is 0. The SMILES string of the molecule is CC1(C)c2cc(Nc3cccc(-c4ccccc4)c3)ccc2-c2ccc(-c3ccccc3)cc21.S=S=S=S=S=S=S=S=S=S=S=S=S=S=S=S=S=S=S=S=S=S=S=S=S=S=S=S=S=S=S=S=S=S=S=S=S=S=S=S=S=S=S=S=S=S=S=S=S=S=S=S=S=S=S=S=S=S=S=S=S=S=S=S=S=S=S=S=S=S=S=S=S=S=S=S=S=S=S=S=S=S=S=S=S=S=S=S=S=S=S=S=S=S=S=S=S=S=S=S. The molecule has 0 spiro atoms. The number of benzene rings is 5. The minimum atomic E-state index is -0.0565. The van der Waals surface area contributed by atoms with E-state index in [0.717, 1.165) is 11.4 Å². The minimum absolute atomic E-state index is 0.0565. The van der Waals surface area contributed by atoms with Crippen molar-refractivity contribution in [1.82, 2.24) is 0 Å². The number of nitrogens with one attached hydrogen (secondary N) is 1. The van der Waals surface area contributed by atoms with Crippen LogP contribution in [0.1, 0.15) is 25.0 Å². The predicted molar refractivity (Wildman–Crippen MR) is 881 cm³/mol.